The summed E-state index contributed by atoms with van der Waals surface area (Å²) in [5, 5.41) is 5.83. The number of hydrogen-bond donors (Lipinski definition) is 2. The van der Waals surface area contributed by atoms with E-state index in [1.54, 1.807) is 7.11 Å². The summed E-state index contributed by atoms with van der Waals surface area (Å²) in [4.78, 5) is 24.0. The van der Waals surface area contributed by atoms with Crippen molar-refractivity contribution in [1.82, 2.24) is 10.6 Å². The molecule has 0 aromatic carbocycles. The Morgan fingerprint density at radius 3 is 2.38 bits per heavy atom. The van der Waals surface area contributed by atoms with E-state index in [0.717, 1.165) is 12.8 Å². The summed E-state index contributed by atoms with van der Waals surface area (Å²) < 4.78 is 9.77. The molecule has 0 spiro atoms. The van der Waals surface area contributed by atoms with Crippen LogP contribution in [-0.2, 0) is 19.1 Å². The van der Waals surface area contributed by atoms with E-state index in [1.807, 2.05) is 0 Å². The van der Waals surface area contributed by atoms with Gasteiger partial charge in [-0.05, 0) is 31.6 Å². The van der Waals surface area contributed by atoms with E-state index >= 15 is 0 Å². The molecule has 0 atom stereocenters. The number of halogens is 1. The number of carbonyl (C=O) groups is 2. The van der Waals surface area contributed by atoms with Gasteiger partial charge in [-0.15, -0.1) is 12.4 Å². The fraction of sp³-hybridized carbons (Fsp3) is 0.857. The van der Waals surface area contributed by atoms with E-state index in [0.29, 0.717) is 31.9 Å². The normalized spacial score (nSPS) is 24.8. The van der Waals surface area contributed by atoms with Gasteiger partial charge in [-0.2, -0.15) is 0 Å². The van der Waals surface area contributed by atoms with E-state index in [2.05, 4.69) is 17.6 Å². The van der Waals surface area contributed by atoms with E-state index in [1.165, 1.54) is 7.11 Å². The van der Waals surface area contributed by atoms with Gasteiger partial charge in [-0.3, -0.25) is 4.79 Å². The van der Waals surface area contributed by atoms with Crippen LogP contribution >= 0.6 is 12.4 Å². The van der Waals surface area contributed by atoms with Gasteiger partial charge in [-0.25, -0.2) is 4.79 Å². The first-order valence-electron chi connectivity index (χ1n) is 7.13. The predicted octanol–water partition coefficient (Wildman–Crippen LogP) is 0.882. The summed E-state index contributed by atoms with van der Waals surface area (Å²) in [6, 6.07) is 0. The zero-order valence-electron chi connectivity index (χ0n) is 13.1. The molecule has 21 heavy (non-hydrogen) atoms. The first kappa shape index (κ1) is 20.1. The molecule has 1 fully saturated rings. The third-order valence-electron chi connectivity index (χ3n) is 3.85. The lowest BCUT2D eigenvalue weighted by Crippen LogP contribution is -2.58. The highest BCUT2D eigenvalue weighted by Crippen LogP contribution is 2.32. The minimum Gasteiger partial charge on any atom is -0.467 e. The maximum Gasteiger partial charge on any atom is 0.331 e. The second kappa shape index (κ2) is 9.97. The average Bonchev–Trinajstić information content (AvgIpc) is 2.45. The highest BCUT2D eigenvalue weighted by molar-refractivity contribution is 5.88. The second-order valence-corrected chi connectivity index (χ2v) is 5.47. The summed E-state index contributed by atoms with van der Waals surface area (Å²) in [6.45, 7) is 3.49. The van der Waals surface area contributed by atoms with E-state index in [-0.39, 0.29) is 30.8 Å². The Labute approximate surface area is 132 Å². The Balaban J connectivity index is 0.00000400. The van der Waals surface area contributed by atoms with Crippen LogP contribution in [0.25, 0.3) is 0 Å². The number of methoxy groups -OCH3 is 2. The summed E-state index contributed by atoms with van der Waals surface area (Å²) in [6.07, 6.45) is 3.13. The lowest BCUT2D eigenvalue weighted by atomic mass is 9.77. The zero-order valence-corrected chi connectivity index (χ0v) is 13.9. The maximum atomic E-state index is 12.0. The topological polar surface area (TPSA) is 76.7 Å². The summed E-state index contributed by atoms with van der Waals surface area (Å²) in [7, 11) is 2.97. The molecule has 0 heterocycles. The third kappa shape index (κ3) is 6.20. The van der Waals surface area contributed by atoms with Crippen LogP contribution in [0.1, 0.15) is 32.6 Å². The molecule has 1 aliphatic rings. The van der Waals surface area contributed by atoms with Crippen LogP contribution in [0.15, 0.2) is 0 Å². The summed E-state index contributed by atoms with van der Waals surface area (Å²) in [5.74, 6) is 0.0696. The molecule has 0 radical (unpaired) electrons. The fourth-order valence-corrected chi connectivity index (χ4v) is 2.52. The molecule has 7 heteroatoms. The van der Waals surface area contributed by atoms with Crippen molar-refractivity contribution < 1.29 is 19.1 Å². The third-order valence-corrected chi connectivity index (χ3v) is 3.85. The SMILES string of the molecule is COCCNCC(=O)NC1(C(=O)OC)CCC(C)CC1.Cl. The Bertz CT molecular complexity index is 331. The molecule has 0 aromatic rings. The van der Waals surface area contributed by atoms with Crippen LogP contribution in [0.4, 0.5) is 0 Å². The molecule has 2 N–H and O–H groups in total. The highest BCUT2D eigenvalue weighted by atomic mass is 35.5. The van der Waals surface area contributed by atoms with E-state index in [4.69, 9.17) is 9.47 Å². The average molecular weight is 323 g/mol. The summed E-state index contributed by atoms with van der Waals surface area (Å²) >= 11 is 0. The molecule has 1 rings (SSSR count). The lowest BCUT2D eigenvalue weighted by Gasteiger charge is -2.37. The molecule has 1 aliphatic carbocycles. The number of esters is 1. The van der Waals surface area contributed by atoms with Crippen LogP contribution in [0, 0.1) is 5.92 Å². The van der Waals surface area contributed by atoms with Crippen molar-refractivity contribution in [3.63, 3.8) is 0 Å². The molecular formula is C14H27ClN2O4. The van der Waals surface area contributed by atoms with Crippen molar-refractivity contribution >= 4 is 24.3 Å². The van der Waals surface area contributed by atoms with Crippen LogP contribution < -0.4 is 10.6 Å². The molecule has 0 bridgehead atoms. The van der Waals surface area contributed by atoms with Gasteiger partial charge in [0.15, 0.2) is 0 Å². The van der Waals surface area contributed by atoms with Crippen molar-refractivity contribution in [2.24, 2.45) is 5.92 Å². The molecule has 124 valence electrons. The van der Waals surface area contributed by atoms with Crippen molar-refractivity contribution in [1.29, 1.82) is 0 Å². The van der Waals surface area contributed by atoms with Crippen molar-refractivity contribution in [3.8, 4) is 0 Å². The maximum absolute atomic E-state index is 12.0. The molecule has 0 aliphatic heterocycles. The highest BCUT2D eigenvalue weighted by Gasteiger charge is 2.43. The quantitative estimate of drug-likeness (QED) is 0.537. The van der Waals surface area contributed by atoms with Crippen LogP contribution in [0.5, 0.6) is 0 Å². The molecule has 0 unspecified atom stereocenters. The zero-order chi connectivity index (χ0) is 15.0. The van der Waals surface area contributed by atoms with Gasteiger partial charge in [0.25, 0.3) is 0 Å². The van der Waals surface area contributed by atoms with Gasteiger partial charge in [0.05, 0.1) is 20.3 Å². The number of carbonyl (C=O) groups excluding carboxylic acids is 2. The van der Waals surface area contributed by atoms with Gasteiger partial charge in [0, 0.05) is 13.7 Å². The van der Waals surface area contributed by atoms with Crippen molar-refractivity contribution in [2.75, 3.05) is 33.9 Å². The Hall–Kier alpha value is -0.850. The van der Waals surface area contributed by atoms with Crippen molar-refractivity contribution in [2.45, 2.75) is 38.1 Å². The second-order valence-electron chi connectivity index (χ2n) is 5.47. The van der Waals surface area contributed by atoms with Gasteiger partial charge < -0.3 is 20.1 Å². The largest absolute Gasteiger partial charge is 0.467 e. The Morgan fingerprint density at radius 2 is 1.86 bits per heavy atom. The first-order valence-corrected chi connectivity index (χ1v) is 7.13. The summed E-state index contributed by atoms with van der Waals surface area (Å²) in [5.41, 5.74) is -0.846. The van der Waals surface area contributed by atoms with Crippen molar-refractivity contribution in [3.05, 3.63) is 0 Å². The molecule has 0 saturated heterocycles. The first-order chi connectivity index (χ1) is 9.54. The molecule has 0 aromatic heterocycles. The Kier molecular flexibility index (Phi) is 9.57. The standard InChI is InChI=1S/C14H26N2O4.ClH/c1-11-4-6-14(7-5-11,13(18)20-3)16-12(17)10-15-8-9-19-2;/h11,15H,4-10H2,1-3H3,(H,16,17);1H. The van der Waals surface area contributed by atoms with Gasteiger partial charge in [0.1, 0.15) is 5.54 Å². The predicted molar refractivity (Wildman–Crippen MR) is 82.5 cm³/mol. The van der Waals surface area contributed by atoms with Gasteiger partial charge >= 0.3 is 5.97 Å². The van der Waals surface area contributed by atoms with Crippen LogP contribution in [-0.4, -0.2) is 51.3 Å². The van der Waals surface area contributed by atoms with Gasteiger partial charge in [-0.1, -0.05) is 6.92 Å². The molecule has 1 amide bonds. The number of ether oxygens (including phenoxy) is 2. The monoisotopic (exact) mass is 322 g/mol. The number of hydrogen-bond acceptors (Lipinski definition) is 5. The number of nitrogens with one attached hydrogen (secondary N) is 2. The number of amides is 1. The minimum atomic E-state index is -0.846. The molecule has 6 nitrogen and oxygen atoms in total. The number of rotatable bonds is 7. The molecular weight excluding hydrogens is 296 g/mol. The van der Waals surface area contributed by atoms with Gasteiger partial charge in [0.2, 0.25) is 5.91 Å². The lowest BCUT2D eigenvalue weighted by molar-refractivity contribution is -0.153. The molecule has 1 saturated carbocycles. The smallest absolute Gasteiger partial charge is 0.331 e. The van der Waals surface area contributed by atoms with E-state index < -0.39 is 5.54 Å². The fourth-order valence-electron chi connectivity index (χ4n) is 2.52. The Morgan fingerprint density at radius 1 is 1.24 bits per heavy atom. The van der Waals surface area contributed by atoms with Crippen LogP contribution in [0.3, 0.4) is 0 Å². The van der Waals surface area contributed by atoms with Crippen LogP contribution in [0.2, 0.25) is 0 Å². The minimum absolute atomic E-state index is 0. The van der Waals surface area contributed by atoms with E-state index in [9.17, 15) is 9.59 Å².